The Balaban J connectivity index is 0.833. The predicted octanol–water partition coefficient (Wildman–Crippen LogP) is 4.07. The van der Waals surface area contributed by atoms with Crippen LogP contribution in [-0.2, 0) is 4.74 Å². The number of piperidine rings is 2. The lowest BCUT2D eigenvalue weighted by Crippen LogP contribution is -2.54. The van der Waals surface area contributed by atoms with Gasteiger partial charge in [-0.1, -0.05) is 12.1 Å². The molecule has 1 aromatic carbocycles. The van der Waals surface area contributed by atoms with E-state index in [0.717, 1.165) is 63.2 Å². The van der Waals surface area contributed by atoms with Gasteiger partial charge in [0.15, 0.2) is 5.82 Å². The van der Waals surface area contributed by atoms with Crippen LogP contribution < -0.4 is 25.6 Å². The maximum atomic E-state index is 10.4. The Morgan fingerprint density at radius 1 is 0.872 bits per heavy atom. The summed E-state index contributed by atoms with van der Waals surface area (Å²) in [6, 6.07) is 14.1. The van der Waals surface area contributed by atoms with Crippen LogP contribution >= 0.6 is 0 Å². The summed E-state index contributed by atoms with van der Waals surface area (Å²) in [7, 11) is 0. The number of likely N-dealkylation sites (tertiary alicyclic amines) is 1. The second-order valence-corrected chi connectivity index (χ2v) is 14.2. The van der Waals surface area contributed by atoms with Gasteiger partial charge >= 0.3 is 0 Å². The van der Waals surface area contributed by atoms with E-state index in [9.17, 15) is 5.11 Å². The molecule has 4 aliphatic heterocycles. The number of nitrogens with two attached hydrogens (primary N) is 1. The lowest BCUT2D eigenvalue weighted by molar-refractivity contribution is -0.111. The SMILES string of the molecule is Nc1nnc(-c2ccccc2O)cc1N1CC2CCC(C1)N2c1ccnc(O[C@H]2C[C@H](OC3CCN(CC4CCNCC4)CC3)C2)c1. The number of rotatable bonds is 9. The standard InChI is InChI=1S/C36H48N8O3/c37-36-33(20-32(40-41-36)31-3-1-2-4-34(31)45)43-22-26-5-6-27(23-43)44(26)25-9-14-39-35(17-25)47-30-18-29(19-30)46-28-10-15-42(16-11-28)21-24-7-12-38-13-8-24/h1-4,9,14,17,20,24,26-30,38,45H,5-8,10-13,15-16,18-19,21-23H2,(H2,37,41)/t26?,27?,29-,30-. The number of anilines is 3. The first-order valence-electron chi connectivity index (χ1n) is 17.7. The molecule has 5 fully saturated rings. The Labute approximate surface area is 277 Å². The number of ether oxygens (including phenoxy) is 2. The van der Waals surface area contributed by atoms with E-state index in [2.05, 4.69) is 47.3 Å². The van der Waals surface area contributed by atoms with E-state index in [1.54, 1.807) is 12.1 Å². The number of nitrogen functional groups attached to an aromatic ring is 1. The van der Waals surface area contributed by atoms with E-state index < -0.39 is 0 Å². The summed E-state index contributed by atoms with van der Waals surface area (Å²) in [5.74, 6) is 2.16. The Morgan fingerprint density at radius 2 is 1.64 bits per heavy atom. The Kier molecular flexibility index (Phi) is 8.77. The van der Waals surface area contributed by atoms with E-state index in [1.165, 1.54) is 51.3 Å². The van der Waals surface area contributed by atoms with Gasteiger partial charge in [-0.25, -0.2) is 4.98 Å². The Hall–Kier alpha value is -3.67. The fourth-order valence-electron chi connectivity index (χ4n) is 8.44. The third-order valence-corrected chi connectivity index (χ3v) is 11.1. The number of para-hydroxylation sites is 1. The zero-order chi connectivity index (χ0) is 31.7. The summed E-state index contributed by atoms with van der Waals surface area (Å²) in [6.45, 7) is 7.63. The number of hydrogen-bond acceptors (Lipinski definition) is 11. The van der Waals surface area contributed by atoms with Crippen LogP contribution in [0.25, 0.3) is 11.3 Å². The summed E-state index contributed by atoms with van der Waals surface area (Å²) in [5.41, 5.74) is 9.66. The van der Waals surface area contributed by atoms with E-state index in [0.29, 0.717) is 47.2 Å². The molecule has 5 aliphatic rings. The molecule has 8 rings (SSSR count). The molecule has 11 nitrogen and oxygen atoms in total. The van der Waals surface area contributed by atoms with Gasteiger partial charge in [-0.2, -0.15) is 0 Å². The van der Waals surface area contributed by atoms with E-state index >= 15 is 0 Å². The number of piperazine rings is 1. The van der Waals surface area contributed by atoms with Crippen molar-refractivity contribution in [2.24, 2.45) is 5.92 Å². The Bertz CT molecular complexity index is 1510. The summed E-state index contributed by atoms with van der Waals surface area (Å²) in [6.07, 6.45) is 11.8. The van der Waals surface area contributed by atoms with E-state index in [1.807, 2.05) is 24.4 Å². The molecule has 1 aliphatic carbocycles. The van der Waals surface area contributed by atoms with Gasteiger partial charge < -0.3 is 40.3 Å². The minimum Gasteiger partial charge on any atom is -0.507 e. The number of pyridine rings is 1. The second kappa shape index (κ2) is 13.4. The van der Waals surface area contributed by atoms with Crippen LogP contribution in [0.3, 0.4) is 0 Å². The third kappa shape index (κ3) is 6.71. The minimum absolute atomic E-state index is 0.164. The molecule has 0 amide bonds. The van der Waals surface area contributed by atoms with Crippen LogP contribution in [0.2, 0.25) is 0 Å². The van der Waals surface area contributed by atoms with E-state index in [-0.39, 0.29) is 11.9 Å². The van der Waals surface area contributed by atoms with Crippen molar-refractivity contribution in [1.82, 2.24) is 25.4 Å². The molecule has 11 heteroatoms. The Morgan fingerprint density at radius 3 is 2.40 bits per heavy atom. The smallest absolute Gasteiger partial charge is 0.215 e. The van der Waals surface area contributed by atoms with Crippen LogP contribution in [0, 0.1) is 5.92 Å². The number of aromatic nitrogens is 3. The molecule has 47 heavy (non-hydrogen) atoms. The lowest BCUT2D eigenvalue weighted by atomic mass is 9.91. The number of fused-ring (bicyclic) bond motifs is 2. The zero-order valence-corrected chi connectivity index (χ0v) is 27.2. The number of aromatic hydroxyl groups is 1. The molecule has 250 valence electrons. The summed E-state index contributed by atoms with van der Waals surface area (Å²) in [5, 5.41) is 22.4. The highest BCUT2D eigenvalue weighted by Gasteiger charge is 2.41. The molecule has 2 atom stereocenters. The molecule has 3 aromatic rings. The number of benzene rings is 1. The molecule has 0 radical (unpaired) electrons. The van der Waals surface area contributed by atoms with Gasteiger partial charge in [0.1, 0.15) is 11.9 Å². The first kappa shape index (κ1) is 30.7. The maximum Gasteiger partial charge on any atom is 0.215 e. The number of phenolic OH excluding ortho intramolecular Hbond substituents is 1. The number of hydrogen-bond donors (Lipinski definition) is 3. The quantitative estimate of drug-likeness (QED) is 0.314. The topological polar surface area (TPSA) is 125 Å². The van der Waals surface area contributed by atoms with Crippen molar-refractivity contribution in [3.8, 4) is 22.9 Å². The minimum atomic E-state index is 0.164. The normalized spacial score (nSPS) is 27.1. The van der Waals surface area contributed by atoms with Crippen molar-refractivity contribution >= 4 is 17.2 Å². The average molecular weight is 641 g/mol. The molecular formula is C36H48N8O3. The molecule has 0 spiro atoms. The van der Waals surface area contributed by atoms with Crippen molar-refractivity contribution in [3.63, 3.8) is 0 Å². The van der Waals surface area contributed by atoms with Crippen molar-refractivity contribution in [2.75, 3.05) is 61.3 Å². The molecule has 1 saturated carbocycles. The van der Waals surface area contributed by atoms with Crippen molar-refractivity contribution < 1.29 is 14.6 Å². The molecule has 2 bridgehead atoms. The van der Waals surface area contributed by atoms with Gasteiger partial charge in [0.05, 0.1) is 23.6 Å². The van der Waals surface area contributed by atoms with Gasteiger partial charge in [0, 0.05) is 81.2 Å². The molecule has 2 aromatic heterocycles. The molecule has 2 unspecified atom stereocenters. The zero-order valence-electron chi connectivity index (χ0n) is 27.2. The fourth-order valence-corrected chi connectivity index (χ4v) is 8.44. The van der Waals surface area contributed by atoms with Gasteiger partial charge in [-0.15, -0.1) is 10.2 Å². The maximum absolute atomic E-state index is 10.4. The number of nitrogens with one attached hydrogen (secondary N) is 1. The highest BCUT2D eigenvalue weighted by atomic mass is 16.5. The van der Waals surface area contributed by atoms with Gasteiger partial charge in [-0.3, -0.25) is 0 Å². The summed E-state index contributed by atoms with van der Waals surface area (Å²) < 4.78 is 12.9. The van der Waals surface area contributed by atoms with Crippen LogP contribution in [0.1, 0.15) is 51.4 Å². The highest BCUT2D eigenvalue weighted by Crippen LogP contribution is 2.40. The predicted molar refractivity (Wildman–Crippen MR) is 183 cm³/mol. The highest BCUT2D eigenvalue weighted by molar-refractivity contribution is 5.74. The monoisotopic (exact) mass is 640 g/mol. The number of nitrogens with zero attached hydrogens (tertiary/aromatic N) is 6. The summed E-state index contributed by atoms with van der Waals surface area (Å²) >= 11 is 0. The number of phenols is 1. The lowest BCUT2D eigenvalue weighted by Gasteiger charge is -2.43. The van der Waals surface area contributed by atoms with Crippen LogP contribution in [0.5, 0.6) is 11.6 Å². The van der Waals surface area contributed by atoms with Crippen LogP contribution in [-0.4, -0.2) is 101 Å². The largest absolute Gasteiger partial charge is 0.507 e. The molecule has 4 N–H and O–H groups in total. The average Bonchev–Trinajstić information content (AvgIpc) is 3.34. The second-order valence-electron chi connectivity index (χ2n) is 14.2. The van der Waals surface area contributed by atoms with Crippen LogP contribution in [0.15, 0.2) is 48.7 Å². The molecule has 4 saturated heterocycles. The van der Waals surface area contributed by atoms with Crippen molar-refractivity contribution in [1.29, 1.82) is 0 Å². The van der Waals surface area contributed by atoms with Crippen molar-refractivity contribution in [3.05, 3.63) is 48.7 Å². The van der Waals surface area contributed by atoms with Gasteiger partial charge in [-0.05, 0) is 81.8 Å². The summed E-state index contributed by atoms with van der Waals surface area (Å²) in [4.78, 5) is 12.1. The third-order valence-electron chi connectivity index (χ3n) is 11.1. The van der Waals surface area contributed by atoms with Crippen LogP contribution in [0.4, 0.5) is 17.2 Å². The first-order chi connectivity index (χ1) is 23.1. The van der Waals surface area contributed by atoms with Gasteiger partial charge in [0.2, 0.25) is 5.88 Å². The molecular weight excluding hydrogens is 592 g/mol. The fraction of sp³-hybridized carbons (Fsp3) is 0.583. The van der Waals surface area contributed by atoms with Crippen molar-refractivity contribution in [2.45, 2.75) is 81.8 Å². The van der Waals surface area contributed by atoms with Gasteiger partial charge in [0.25, 0.3) is 0 Å². The first-order valence-corrected chi connectivity index (χ1v) is 17.7. The molecule has 6 heterocycles. The van der Waals surface area contributed by atoms with E-state index in [4.69, 9.17) is 15.2 Å².